The van der Waals surface area contributed by atoms with Crippen molar-refractivity contribution in [2.24, 2.45) is 5.73 Å². The summed E-state index contributed by atoms with van der Waals surface area (Å²) in [7, 11) is 0. The number of para-hydroxylation sites is 1. The minimum Gasteiger partial charge on any atom is -0.334 e. The number of carbonyl (C=O) groups is 1. The Kier molecular flexibility index (Phi) is 3.81. The van der Waals surface area contributed by atoms with Crippen LogP contribution in [0, 0.1) is 0 Å². The molecule has 1 aromatic heterocycles. The molecule has 1 aliphatic heterocycles. The summed E-state index contributed by atoms with van der Waals surface area (Å²) in [4.78, 5) is 14.5. The third-order valence-corrected chi connectivity index (χ3v) is 3.88. The zero-order valence-electron chi connectivity index (χ0n) is 11.5. The number of thiocarbonyl (C=S) groups is 1. The molecule has 0 saturated heterocycles. The van der Waals surface area contributed by atoms with E-state index in [-0.39, 0.29) is 12.2 Å². The number of benzene rings is 1. The van der Waals surface area contributed by atoms with E-state index < -0.39 is 0 Å². The molecule has 0 radical (unpaired) electrons. The summed E-state index contributed by atoms with van der Waals surface area (Å²) in [6, 6.07) is 7.84. The van der Waals surface area contributed by atoms with Gasteiger partial charge < -0.3 is 10.6 Å². The van der Waals surface area contributed by atoms with Crippen molar-refractivity contribution >= 4 is 39.6 Å². The van der Waals surface area contributed by atoms with Crippen LogP contribution in [-0.2, 0) is 4.79 Å². The number of ketones is 1. The van der Waals surface area contributed by atoms with Crippen LogP contribution in [0.4, 0.5) is 0 Å². The van der Waals surface area contributed by atoms with Crippen molar-refractivity contribution in [1.29, 1.82) is 0 Å². The van der Waals surface area contributed by atoms with Crippen molar-refractivity contribution < 1.29 is 4.79 Å². The van der Waals surface area contributed by atoms with E-state index in [1.807, 2.05) is 29.2 Å². The van der Waals surface area contributed by atoms with E-state index in [4.69, 9.17) is 18.0 Å². The van der Waals surface area contributed by atoms with E-state index in [2.05, 4.69) is 10.2 Å². The number of H-pyrrole nitrogens is 1. The zero-order chi connectivity index (χ0) is 14.8. The molecule has 2 heterocycles. The van der Waals surface area contributed by atoms with Crippen LogP contribution < -0.4 is 5.73 Å². The molecule has 3 rings (SSSR count). The number of nitrogens with zero attached hydrogens (tertiary/aromatic N) is 2. The predicted octanol–water partition coefficient (Wildman–Crippen LogP) is 1.85. The van der Waals surface area contributed by atoms with E-state index in [9.17, 15) is 4.79 Å². The van der Waals surface area contributed by atoms with E-state index in [1.54, 1.807) is 6.08 Å². The molecular weight excluding hydrogens is 284 g/mol. The summed E-state index contributed by atoms with van der Waals surface area (Å²) >= 11 is 5.38. The highest BCUT2D eigenvalue weighted by molar-refractivity contribution is 7.80. The van der Waals surface area contributed by atoms with Crippen LogP contribution >= 0.6 is 12.2 Å². The lowest BCUT2D eigenvalue weighted by Crippen LogP contribution is -2.35. The third-order valence-electron chi connectivity index (χ3n) is 3.51. The number of nitrogens with one attached hydrogen (secondary N) is 1. The maximum absolute atomic E-state index is 11.9. The SMILES string of the molecule is NCCCN1C(=S)CC(=O)C=C1c1n[nH]c2ccccc12. The molecule has 6 heteroatoms. The molecule has 108 valence electrons. The smallest absolute Gasteiger partial charge is 0.164 e. The Balaban J connectivity index is 2.07. The molecule has 0 bridgehead atoms. The average molecular weight is 300 g/mol. The van der Waals surface area contributed by atoms with Gasteiger partial charge in [0.25, 0.3) is 0 Å². The zero-order valence-corrected chi connectivity index (χ0v) is 12.3. The first-order valence-corrected chi connectivity index (χ1v) is 7.30. The van der Waals surface area contributed by atoms with Gasteiger partial charge in [0.15, 0.2) is 5.78 Å². The van der Waals surface area contributed by atoms with Crippen molar-refractivity contribution in [3.05, 3.63) is 36.0 Å². The summed E-state index contributed by atoms with van der Waals surface area (Å²) in [6.45, 7) is 1.29. The van der Waals surface area contributed by atoms with Crippen LogP contribution in [0.5, 0.6) is 0 Å². The molecular formula is C15H16N4OS. The van der Waals surface area contributed by atoms with Gasteiger partial charge >= 0.3 is 0 Å². The predicted molar refractivity (Wildman–Crippen MR) is 86.7 cm³/mol. The van der Waals surface area contributed by atoms with Crippen molar-refractivity contribution in [1.82, 2.24) is 15.1 Å². The first-order chi connectivity index (χ1) is 10.2. The molecule has 0 fully saturated rings. The normalized spacial score (nSPS) is 15.7. The van der Waals surface area contributed by atoms with Crippen molar-refractivity contribution in [2.45, 2.75) is 12.8 Å². The standard InChI is InChI=1S/C15H16N4OS/c16-6-3-7-19-13(8-10(20)9-14(19)21)15-11-4-1-2-5-12(11)17-18-15/h1-2,4-5,8H,3,6-7,9,16H2,(H,17,18). The molecule has 5 nitrogen and oxygen atoms in total. The number of aromatic amines is 1. The number of nitrogens with two attached hydrogens (primary N) is 1. The average Bonchev–Trinajstić information content (AvgIpc) is 2.89. The monoisotopic (exact) mass is 300 g/mol. The molecule has 3 N–H and O–H groups in total. The Bertz CT molecular complexity index is 734. The lowest BCUT2D eigenvalue weighted by Gasteiger charge is -2.29. The highest BCUT2D eigenvalue weighted by Gasteiger charge is 2.26. The van der Waals surface area contributed by atoms with E-state index in [1.165, 1.54) is 0 Å². The second-order valence-electron chi connectivity index (χ2n) is 4.98. The summed E-state index contributed by atoms with van der Waals surface area (Å²) in [5.74, 6) is 0.0195. The molecule has 0 atom stereocenters. The van der Waals surface area contributed by atoms with Crippen LogP contribution in [0.3, 0.4) is 0 Å². The number of fused-ring (bicyclic) bond motifs is 1. The third kappa shape index (κ3) is 2.59. The Morgan fingerprint density at radius 3 is 3.00 bits per heavy atom. The van der Waals surface area contributed by atoms with E-state index in [0.29, 0.717) is 18.1 Å². The summed E-state index contributed by atoms with van der Waals surface area (Å²) in [5.41, 5.74) is 8.06. The lowest BCUT2D eigenvalue weighted by molar-refractivity contribution is -0.113. The van der Waals surface area contributed by atoms with Crippen LogP contribution in [-0.4, -0.2) is 39.0 Å². The summed E-state index contributed by atoms with van der Waals surface area (Å²) in [5, 5.41) is 8.35. The van der Waals surface area contributed by atoms with Crippen LogP contribution in [0.15, 0.2) is 30.3 Å². The second kappa shape index (κ2) is 5.75. The van der Waals surface area contributed by atoms with Crippen LogP contribution in [0.1, 0.15) is 18.5 Å². The topological polar surface area (TPSA) is 75.0 Å². The van der Waals surface area contributed by atoms with Gasteiger partial charge in [0.2, 0.25) is 0 Å². The number of rotatable bonds is 4. The summed E-state index contributed by atoms with van der Waals surface area (Å²) in [6.07, 6.45) is 2.73. The first kappa shape index (κ1) is 13.9. The van der Waals surface area contributed by atoms with Gasteiger partial charge in [-0.1, -0.05) is 30.4 Å². The van der Waals surface area contributed by atoms with Gasteiger partial charge in [-0.25, -0.2) is 0 Å². The van der Waals surface area contributed by atoms with Crippen LogP contribution in [0.25, 0.3) is 16.6 Å². The lowest BCUT2D eigenvalue weighted by atomic mass is 10.1. The quantitative estimate of drug-likeness (QED) is 0.843. The fraction of sp³-hybridized carbons (Fsp3) is 0.267. The van der Waals surface area contributed by atoms with E-state index >= 15 is 0 Å². The molecule has 0 saturated carbocycles. The largest absolute Gasteiger partial charge is 0.334 e. The van der Waals surface area contributed by atoms with E-state index in [0.717, 1.165) is 28.7 Å². The minimum atomic E-state index is 0.0195. The number of hydrogen-bond acceptors (Lipinski definition) is 4. The Labute approximate surface area is 127 Å². The number of hydrogen-bond donors (Lipinski definition) is 2. The molecule has 1 aromatic carbocycles. The van der Waals surface area contributed by atoms with Gasteiger partial charge in [0.1, 0.15) is 5.69 Å². The molecule has 2 aromatic rings. The van der Waals surface area contributed by atoms with Crippen molar-refractivity contribution in [3.8, 4) is 0 Å². The van der Waals surface area contributed by atoms with Gasteiger partial charge in [0.05, 0.1) is 22.6 Å². The molecule has 0 aliphatic carbocycles. The van der Waals surface area contributed by atoms with Gasteiger partial charge in [-0.05, 0) is 19.0 Å². The number of aromatic nitrogens is 2. The van der Waals surface area contributed by atoms with Gasteiger partial charge in [-0.3, -0.25) is 9.89 Å². The fourth-order valence-corrected chi connectivity index (χ4v) is 2.84. The van der Waals surface area contributed by atoms with Crippen LogP contribution in [0.2, 0.25) is 0 Å². The highest BCUT2D eigenvalue weighted by atomic mass is 32.1. The Hall–Kier alpha value is -2.05. The molecule has 0 unspecified atom stereocenters. The molecule has 0 amide bonds. The highest BCUT2D eigenvalue weighted by Crippen LogP contribution is 2.29. The number of carbonyl (C=O) groups excluding carboxylic acids is 1. The first-order valence-electron chi connectivity index (χ1n) is 6.89. The Morgan fingerprint density at radius 2 is 2.19 bits per heavy atom. The second-order valence-corrected chi connectivity index (χ2v) is 5.45. The number of allylic oxidation sites excluding steroid dienone is 1. The van der Waals surface area contributed by atoms with Gasteiger partial charge in [-0.15, -0.1) is 0 Å². The Morgan fingerprint density at radius 1 is 1.38 bits per heavy atom. The fourth-order valence-electron chi connectivity index (χ4n) is 2.51. The maximum atomic E-state index is 11.9. The molecule has 1 aliphatic rings. The van der Waals surface area contributed by atoms with Crippen molar-refractivity contribution in [3.63, 3.8) is 0 Å². The maximum Gasteiger partial charge on any atom is 0.164 e. The molecule has 0 spiro atoms. The van der Waals surface area contributed by atoms with Crippen molar-refractivity contribution in [2.75, 3.05) is 13.1 Å². The van der Waals surface area contributed by atoms with Gasteiger partial charge in [-0.2, -0.15) is 5.10 Å². The molecule has 21 heavy (non-hydrogen) atoms. The van der Waals surface area contributed by atoms with Gasteiger partial charge in [0, 0.05) is 18.0 Å². The minimum absolute atomic E-state index is 0.0195. The summed E-state index contributed by atoms with van der Waals surface area (Å²) < 4.78 is 0.